The van der Waals surface area contributed by atoms with E-state index < -0.39 is 0 Å². The largest absolute Gasteiger partial charge is 0.494 e. The van der Waals surface area contributed by atoms with Crippen molar-refractivity contribution in [1.82, 2.24) is 9.80 Å². The molecule has 2 fully saturated rings. The molecule has 0 aromatic heterocycles. The lowest BCUT2D eigenvalue weighted by atomic mass is 10.1. The van der Waals surface area contributed by atoms with Crippen LogP contribution in [0.1, 0.15) is 64.7 Å². The molecule has 6 nitrogen and oxygen atoms in total. The van der Waals surface area contributed by atoms with Crippen molar-refractivity contribution in [3.05, 3.63) is 24.3 Å². The summed E-state index contributed by atoms with van der Waals surface area (Å²) in [6.07, 6.45) is 10.5. The number of carbonyl (C=O) groups excluding carboxylic acids is 1. The molecule has 0 saturated carbocycles. The number of nitrogens with zero attached hydrogens (tertiary/aromatic N) is 2. The molecular weight excluding hydrogens is 390 g/mol. The third-order valence-corrected chi connectivity index (χ3v) is 6.19. The van der Waals surface area contributed by atoms with Gasteiger partial charge in [-0.1, -0.05) is 38.7 Å². The first-order valence-electron chi connectivity index (χ1n) is 12.4. The summed E-state index contributed by atoms with van der Waals surface area (Å²) >= 11 is 0. The van der Waals surface area contributed by atoms with Gasteiger partial charge in [-0.05, 0) is 70.4 Å². The lowest BCUT2D eigenvalue weighted by Crippen LogP contribution is -2.45. The first-order valence-corrected chi connectivity index (χ1v) is 12.4. The highest BCUT2D eigenvalue weighted by Crippen LogP contribution is 2.19. The van der Waals surface area contributed by atoms with Gasteiger partial charge in [0, 0.05) is 24.8 Å². The highest BCUT2D eigenvalue weighted by Gasteiger charge is 2.23. The molecule has 2 aliphatic rings. The van der Waals surface area contributed by atoms with Crippen molar-refractivity contribution in [2.24, 2.45) is 0 Å². The third-order valence-electron chi connectivity index (χ3n) is 6.19. The number of piperidine rings is 2. The monoisotopic (exact) mass is 431 g/mol. The fraction of sp³-hybridized carbons (Fsp3) is 0.720. The second-order valence-electron chi connectivity index (χ2n) is 8.96. The average Bonchev–Trinajstić information content (AvgIpc) is 2.78. The number of carbonyl (C=O) groups is 1. The van der Waals surface area contributed by atoms with Gasteiger partial charge >= 0.3 is 6.09 Å². The van der Waals surface area contributed by atoms with Gasteiger partial charge in [0.1, 0.15) is 11.9 Å². The van der Waals surface area contributed by atoms with E-state index in [4.69, 9.17) is 9.47 Å². The topological polar surface area (TPSA) is 54.0 Å². The molecule has 0 atom stereocenters. The molecule has 1 amide bonds. The number of hydrogen-bond acceptors (Lipinski definition) is 5. The van der Waals surface area contributed by atoms with E-state index in [0.29, 0.717) is 12.3 Å². The molecule has 2 saturated heterocycles. The van der Waals surface area contributed by atoms with Gasteiger partial charge in [0.25, 0.3) is 0 Å². The summed E-state index contributed by atoms with van der Waals surface area (Å²) in [5.41, 5.74) is 0.715. The van der Waals surface area contributed by atoms with Crippen molar-refractivity contribution in [2.45, 2.75) is 70.8 Å². The minimum Gasteiger partial charge on any atom is -0.494 e. The maximum absolute atomic E-state index is 12.7. The van der Waals surface area contributed by atoms with E-state index in [9.17, 15) is 4.79 Å². The van der Waals surface area contributed by atoms with Crippen LogP contribution < -0.4 is 10.1 Å². The zero-order valence-electron chi connectivity index (χ0n) is 19.3. The minimum atomic E-state index is -0.373. The van der Waals surface area contributed by atoms with Crippen LogP contribution in [0.2, 0.25) is 0 Å². The molecule has 2 heterocycles. The zero-order valence-corrected chi connectivity index (χ0v) is 19.3. The van der Waals surface area contributed by atoms with Crippen LogP contribution in [0.15, 0.2) is 24.3 Å². The van der Waals surface area contributed by atoms with Crippen LogP contribution in [-0.2, 0) is 4.74 Å². The molecule has 2 aliphatic heterocycles. The Morgan fingerprint density at radius 3 is 2.23 bits per heavy atom. The number of anilines is 1. The molecule has 0 unspecified atom stereocenters. The summed E-state index contributed by atoms with van der Waals surface area (Å²) < 4.78 is 11.7. The number of amides is 1. The smallest absolute Gasteiger partial charge is 0.411 e. The predicted molar refractivity (Wildman–Crippen MR) is 126 cm³/mol. The van der Waals surface area contributed by atoms with E-state index in [0.717, 1.165) is 51.4 Å². The fourth-order valence-corrected chi connectivity index (χ4v) is 4.50. The van der Waals surface area contributed by atoms with Crippen LogP contribution >= 0.6 is 0 Å². The molecule has 0 radical (unpaired) electrons. The first kappa shape index (κ1) is 23.9. The molecule has 174 valence electrons. The number of ether oxygens (including phenoxy) is 2. The summed E-state index contributed by atoms with van der Waals surface area (Å²) in [6, 6.07) is 7.59. The van der Waals surface area contributed by atoms with Gasteiger partial charge in [-0.15, -0.1) is 0 Å². The Labute approximate surface area is 188 Å². The van der Waals surface area contributed by atoms with Gasteiger partial charge < -0.3 is 9.47 Å². The van der Waals surface area contributed by atoms with Crippen LogP contribution in [-0.4, -0.2) is 67.9 Å². The van der Waals surface area contributed by atoms with E-state index in [1.807, 2.05) is 24.3 Å². The Hall–Kier alpha value is -1.79. The number of nitrogens with one attached hydrogen (secondary N) is 1. The van der Waals surface area contributed by atoms with Gasteiger partial charge in [-0.25, -0.2) is 4.79 Å². The lowest BCUT2D eigenvalue weighted by molar-refractivity contribution is 0.0438. The summed E-state index contributed by atoms with van der Waals surface area (Å²) in [7, 11) is 0. The molecule has 1 N–H and O–H groups in total. The van der Waals surface area contributed by atoms with Gasteiger partial charge in [-0.3, -0.25) is 15.1 Å². The highest BCUT2D eigenvalue weighted by atomic mass is 16.6. The van der Waals surface area contributed by atoms with E-state index in [1.54, 1.807) is 0 Å². The minimum absolute atomic E-state index is 0.107. The van der Waals surface area contributed by atoms with Crippen molar-refractivity contribution in [2.75, 3.05) is 51.2 Å². The van der Waals surface area contributed by atoms with Crippen molar-refractivity contribution in [3.8, 4) is 5.75 Å². The second kappa shape index (κ2) is 13.6. The fourth-order valence-electron chi connectivity index (χ4n) is 4.50. The van der Waals surface area contributed by atoms with Gasteiger partial charge in [-0.2, -0.15) is 0 Å². The SMILES string of the molecule is CCCCCOc1cccc(NC(=O)OC(CN2CCCCC2)CN2CCCCC2)c1. The van der Waals surface area contributed by atoms with E-state index in [2.05, 4.69) is 22.0 Å². The average molecular weight is 432 g/mol. The molecule has 6 heteroatoms. The Balaban J connectivity index is 1.52. The van der Waals surface area contributed by atoms with Crippen molar-refractivity contribution >= 4 is 11.8 Å². The molecule has 0 aliphatic carbocycles. The molecule has 0 spiro atoms. The van der Waals surface area contributed by atoms with E-state index >= 15 is 0 Å². The number of likely N-dealkylation sites (tertiary alicyclic amines) is 2. The zero-order chi connectivity index (χ0) is 21.7. The Kier molecular flexibility index (Phi) is 10.5. The third kappa shape index (κ3) is 9.08. The van der Waals surface area contributed by atoms with Gasteiger partial charge in [0.05, 0.1) is 6.61 Å². The summed E-state index contributed by atoms with van der Waals surface area (Å²) in [5, 5.41) is 2.91. The van der Waals surface area contributed by atoms with Crippen LogP contribution in [0.4, 0.5) is 10.5 Å². The van der Waals surface area contributed by atoms with Crippen LogP contribution in [0.5, 0.6) is 5.75 Å². The summed E-state index contributed by atoms with van der Waals surface area (Å²) in [5.74, 6) is 0.784. The number of rotatable bonds is 11. The summed E-state index contributed by atoms with van der Waals surface area (Å²) in [6.45, 7) is 8.97. The van der Waals surface area contributed by atoms with Crippen molar-refractivity contribution in [1.29, 1.82) is 0 Å². The maximum Gasteiger partial charge on any atom is 0.411 e. The van der Waals surface area contributed by atoms with Gasteiger partial charge in [0.2, 0.25) is 0 Å². The molecule has 1 aromatic carbocycles. The Bertz CT molecular complexity index is 623. The lowest BCUT2D eigenvalue weighted by Gasteiger charge is -2.34. The maximum atomic E-state index is 12.7. The molecule has 1 aromatic rings. The van der Waals surface area contributed by atoms with E-state index in [1.165, 1.54) is 51.4 Å². The number of unbranched alkanes of at least 4 members (excludes halogenated alkanes) is 2. The predicted octanol–water partition coefficient (Wildman–Crippen LogP) is 5.14. The Morgan fingerprint density at radius 1 is 0.968 bits per heavy atom. The highest BCUT2D eigenvalue weighted by molar-refractivity contribution is 5.85. The standard InChI is InChI=1S/C25H41N3O3/c1-2-3-10-18-30-23-13-11-12-22(19-23)26-25(29)31-24(20-27-14-6-4-7-15-27)21-28-16-8-5-9-17-28/h11-13,19,24H,2-10,14-18,20-21H2,1H3,(H,26,29). The molecule has 0 bridgehead atoms. The molecule has 31 heavy (non-hydrogen) atoms. The first-order chi connectivity index (χ1) is 15.2. The van der Waals surface area contributed by atoms with Crippen LogP contribution in [0, 0.1) is 0 Å². The molecule has 3 rings (SSSR count). The summed E-state index contributed by atoms with van der Waals surface area (Å²) in [4.78, 5) is 17.6. The van der Waals surface area contributed by atoms with E-state index in [-0.39, 0.29) is 12.2 Å². The Morgan fingerprint density at radius 2 is 1.61 bits per heavy atom. The normalized spacial score (nSPS) is 18.1. The number of hydrogen-bond donors (Lipinski definition) is 1. The van der Waals surface area contributed by atoms with Crippen molar-refractivity contribution < 1.29 is 14.3 Å². The van der Waals surface area contributed by atoms with Crippen molar-refractivity contribution in [3.63, 3.8) is 0 Å². The number of benzene rings is 1. The second-order valence-corrected chi connectivity index (χ2v) is 8.96. The molecular formula is C25H41N3O3. The quantitative estimate of drug-likeness (QED) is 0.492. The van der Waals surface area contributed by atoms with Crippen LogP contribution in [0.3, 0.4) is 0 Å². The van der Waals surface area contributed by atoms with Crippen LogP contribution in [0.25, 0.3) is 0 Å². The van der Waals surface area contributed by atoms with Gasteiger partial charge in [0.15, 0.2) is 0 Å².